The number of ether oxygens (including phenoxy) is 3. The zero-order valence-electron chi connectivity index (χ0n) is 12.7. The van der Waals surface area contributed by atoms with Crippen molar-refractivity contribution >= 4 is 30.1 Å². The van der Waals surface area contributed by atoms with E-state index in [1.165, 1.54) is 0 Å². The van der Waals surface area contributed by atoms with Crippen LogP contribution < -0.4 is 24.8 Å². The van der Waals surface area contributed by atoms with Crippen LogP contribution in [0.25, 0.3) is 0 Å². The summed E-state index contributed by atoms with van der Waals surface area (Å²) in [7, 11) is 0. The van der Waals surface area contributed by atoms with E-state index in [9.17, 15) is 4.79 Å². The Bertz CT molecular complexity index is 526. The fourth-order valence-electron chi connectivity index (χ4n) is 2.37. The minimum atomic E-state index is 0. The molecule has 1 atom stereocenters. The average Bonchev–Trinajstić information content (AvgIpc) is 3.00. The quantitative estimate of drug-likeness (QED) is 0.748. The molecule has 2 heterocycles. The van der Waals surface area contributed by atoms with Crippen LogP contribution in [0.1, 0.15) is 6.42 Å². The summed E-state index contributed by atoms with van der Waals surface area (Å²) in [6, 6.07) is 5.74. The SMILES string of the molecule is Cl.O=C(CC1CSCCN1)NCCOc1ccc2c(c1)OCO2. The number of amides is 1. The minimum Gasteiger partial charge on any atom is -0.492 e. The maximum atomic E-state index is 11.8. The first-order valence-corrected chi connectivity index (χ1v) is 8.57. The van der Waals surface area contributed by atoms with E-state index in [1.54, 1.807) is 6.07 Å². The van der Waals surface area contributed by atoms with Crippen molar-refractivity contribution < 1.29 is 19.0 Å². The topological polar surface area (TPSA) is 68.8 Å². The van der Waals surface area contributed by atoms with Crippen molar-refractivity contribution in [3.8, 4) is 17.2 Å². The zero-order valence-corrected chi connectivity index (χ0v) is 14.3. The Balaban J connectivity index is 0.00000192. The van der Waals surface area contributed by atoms with Gasteiger partial charge in [0.05, 0.1) is 6.54 Å². The standard InChI is InChI=1S/C15H20N2O4S.ClH/c18-15(7-11-9-22-6-4-16-11)17-3-5-19-12-1-2-13-14(8-12)21-10-20-13;/h1-2,8,11,16H,3-7,9-10H2,(H,17,18);1H. The molecule has 2 aliphatic heterocycles. The van der Waals surface area contributed by atoms with E-state index in [2.05, 4.69) is 10.6 Å². The van der Waals surface area contributed by atoms with Gasteiger partial charge in [0.25, 0.3) is 0 Å². The Hall–Kier alpha value is -1.31. The van der Waals surface area contributed by atoms with Gasteiger partial charge in [0, 0.05) is 36.6 Å². The smallest absolute Gasteiger partial charge is 0.231 e. The van der Waals surface area contributed by atoms with Gasteiger partial charge in [0.1, 0.15) is 12.4 Å². The van der Waals surface area contributed by atoms with Gasteiger partial charge in [0.2, 0.25) is 12.7 Å². The number of rotatable bonds is 6. The van der Waals surface area contributed by atoms with Crippen LogP contribution >= 0.6 is 24.2 Å². The third-order valence-corrected chi connectivity index (χ3v) is 4.60. The number of carbonyl (C=O) groups is 1. The Labute approximate surface area is 146 Å². The Morgan fingerprint density at radius 1 is 1.39 bits per heavy atom. The van der Waals surface area contributed by atoms with Gasteiger partial charge in [-0.1, -0.05) is 0 Å². The molecule has 0 saturated carbocycles. The monoisotopic (exact) mass is 360 g/mol. The lowest BCUT2D eigenvalue weighted by molar-refractivity contribution is -0.121. The van der Waals surface area contributed by atoms with E-state index in [0.29, 0.717) is 31.1 Å². The molecular formula is C15H21ClN2O4S. The Morgan fingerprint density at radius 3 is 3.09 bits per heavy atom. The van der Waals surface area contributed by atoms with Crippen LogP contribution in [-0.2, 0) is 4.79 Å². The summed E-state index contributed by atoms with van der Waals surface area (Å²) in [5.74, 6) is 4.34. The lowest BCUT2D eigenvalue weighted by atomic mass is 10.2. The predicted molar refractivity (Wildman–Crippen MR) is 92.1 cm³/mol. The third-order valence-electron chi connectivity index (χ3n) is 3.47. The number of halogens is 1. The number of carbonyl (C=O) groups excluding carboxylic acids is 1. The second kappa shape index (κ2) is 9.10. The summed E-state index contributed by atoms with van der Waals surface area (Å²) < 4.78 is 16.1. The van der Waals surface area contributed by atoms with E-state index >= 15 is 0 Å². The maximum Gasteiger partial charge on any atom is 0.231 e. The van der Waals surface area contributed by atoms with Crippen molar-refractivity contribution in [2.45, 2.75) is 12.5 Å². The van der Waals surface area contributed by atoms with Gasteiger partial charge < -0.3 is 24.8 Å². The van der Waals surface area contributed by atoms with Gasteiger partial charge in [-0.2, -0.15) is 11.8 Å². The van der Waals surface area contributed by atoms with Crippen LogP contribution in [0.2, 0.25) is 0 Å². The molecule has 1 aromatic rings. The van der Waals surface area contributed by atoms with Gasteiger partial charge in [-0.05, 0) is 12.1 Å². The molecule has 0 spiro atoms. The number of nitrogens with one attached hydrogen (secondary N) is 2. The molecule has 2 N–H and O–H groups in total. The largest absolute Gasteiger partial charge is 0.492 e. The summed E-state index contributed by atoms with van der Waals surface area (Å²) in [5.41, 5.74) is 0. The van der Waals surface area contributed by atoms with E-state index in [0.717, 1.165) is 23.8 Å². The molecule has 0 bridgehead atoms. The van der Waals surface area contributed by atoms with Crippen LogP contribution in [0.5, 0.6) is 17.2 Å². The first-order valence-electron chi connectivity index (χ1n) is 7.41. The summed E-state index contributed by atoms with van der Waals surface area (Å²) >= 11 is 1.89. The summed E-state index contributed by atoms with van der Waals surface area (Å²) in [5, 5.41) is 6.23. The highest BCUT2D eigenvalue weighted by Crippen LogP contribution is 2.34. The highest BCUT2D eigenvalue weighted by molar-refractivity contribution is 7.99. The fraction of sp³-hybridized carbons (Fsp3) is 0.533. The normalized spacial score (nSPS) is 18.9. The van der Waals surface area contributed by atoms with Gasteiger partial charge in [-0.15, -0.1) is 12.4 Å². The molecule has 128 valence electrons. The van der Waals surface area contributed by atoms with Crippen molar-refractivity contribution in [3.05, 3.63) is 18.2 Å². The van der Waals surface area contributed by atoms with Crippen LogP contribution in [0.15, 0.2) is 18.2 Å². The second-order valence-corrected chi connectivity index (χ2v) is 6.29. The van der Waals surface area contributed by atoms with Crippen molar-refractivity contribution in [1.82, 2.24) is 10.6 Å². The summed E-state index contributed by atoms with van der Waals surface area (Å²) in [4.78, 5) is 11.8. The fourth-order valence-corrected chi connectivity index (χ4v) is 3.32. The van der Waals surface area contributed by atoms with Crippen molar-refractivity contribution in [1.29, 1.82) is 0 Å². The molecule has 23 heavy (non-hydrogen) atoms. The van der Waals surface area contributed by atoms with Crippen LogP contribution in [0, 0.1) is 0 Å². The van der Waals surface area contributed by atoms with E-state index in [1.807, 2.05) is 23.9 Å². The average molecular weight is 361 g/mol. The highest BCUT2D eigenvalue weighted by Gasteiger charge is 2.16. The zero-order chi connectivity index (χ0) is 15.2. The second-order valence-electron chi connectivity index (χ2n) is 5.14. The van der Waals surface area contributed by atoms with Gasteiger partial charge in [-0.3, -0.25) is 4.79 Å². The Kier molecular flexibility index (Phi) is 7.14. The molecule has 1 fully saturated rings. The molecule has 0 radical (unpaired) electrons. The first kappa shape index (κ1) is 18.0. The summed E-state index contributed by atoms with van der Waals surface area (Å²) in [6.07, 6.45) is 0.525. The molecule has 0 aliphatic carbocycles. The minimum absolute atomic E-state index is 0. The molecule has 1 unspecified atom stereocenters. The lowest BCUT2D eigenvalue weighted by Crippen LogP contribution is -2.41. The molecular weight excluding hydrogens is 340 g/mol. The van der Waals surface area contributed by atoms with Crippen LogP contribution in [0.3, 0.4) is 0 Å². The number of benzene rings is 1. The molecule has 0 aromatic heterocycles. The van der Waals surface area contributed by atoms with Gasteiger partial charge >= 0.3 is 0 Å². The number of thioether (sulfide) groups is 1. The number of hydrogen-bond acceptors (Lipinski definition) is 6. The van der Waals surface area contributed by atoms with Crippen LogP contribution in [0.4, 0.5) is 0 Å². The molecule has 8 heteroatoms. The molecule has 3 rings (SSSR count). The molecule has 1 saturated heterocycles. The first-order chi connectivity index (χ1) is 10.8. The van der Waals surface area contributed by atoms with E-state index in [4.69, 9.17) is 14.2 Å². The van der Waals surface area contributed by atoms with E-state index in [-0.39, 0.29) is 31.1 Å². The Morgan fingerprint density at radius 2 is 2.26 bits per heavy atom. The van der Waals surface area contributed by atoms with Crippen molar-refractivity contribution in [2.75, 3.05) is 38.0 Å². The molecule has 2 aliphatic rings. The molecule has 1 amide bonds. The highest BCUT2D eigenvalue weighted by atomic mass is 35.5. The van der Waals surface area contributed by atoms with Gasteiger partial charge in [0.15, 0.2) is 11.5 Å². The summed E-state index contributed by atoms with van der Waals surface area (Å²) in [6.45, 7) is 2.16. The predicted octanol–water partition coefficient (Wildman–Crippen LogP) is 1.43. The molecule has 6 nitrogen and oxygen atoms in total. The lowest BCUT2D eigenvalue weighted by Gasteiger charge is -2.22. The maximum absolute atomic E-state index is 11.8. The molecule has 1 aromatic carbocycles. The van der Waals surface area contributed by atoms with E-state index < -0.39 is 0 Å². The van der Waals surface area contributed by atoms with Crippen LogP contribution in [-0.4, -0.2) is 49.9 Å². The number of hydrogen-bond donors (Lipinski definition) is 2. The third kappa shape index (κ3) is 5.37. The van der Waals surface area contributed by atoms with Crippen molar-refractivity contribution in [2.24, 2.45) is 0 Å². The van der Waals surface area contributed by atoms with Gasteiger partial charge in [-0.25, -0.2) is 0 Å². The number of fused-ring (bicyclic) bond motifs is 1. The van der Waals surface area contributed by atoms with Crippen molar-refractivity contribution in [3.63, 3.8) is 0 Å².